The van der Waals surface area contributed by atoms with E-state index in [9.17, 15) is 17.6 Å². The fourth-order valence-corrected chi connectivity index (χ4v) is 1.83. The lowest BCUT2D eigenvalue weighted by Gasteiger charge is -2.12. The highest BCUT2D eigenvalue weighted by atomic mass is 79.9. The Morgan fingerprint density at radius 2 is 1.70 bits per heavy atom. The van der Waals surface area contributed by atoms with Crippen LogP contribution in [0.1, 0.15) is 5.56 Å². The summed E-state index contributed by atoms with van der Waals surface area (Å²) in [6.07, 6.45) is -4.49. The zero-order valence-electron chi connectivity index (χ0n) is 9.84. The third-order valence-corrected chi connectivity index (χ3v) is 2.94. The predicted octanol–water partition coefficient (Wildman–Crippen LogP) is 4.98. The van der Waals surface area contributed by atoms with Crippen molar-refractivity contribution in [3.8, 4) is 11.5 Å². The Morgan fingerprint density at radius 3 is 2.30 bits per heavy atom. The average molecular weight is 350 g/mol. The number of ether oxygens (including phenoxy) is 1. The first-order valence-electron chi connectivity index (χ1n) is 5.37. The van der Waals surface area contributed by atoms with Crippen molar-refractivity contribution >= 4 is 21.6 Å². The SMILES string of the molecule is Nc1cc(C(F)(F)F)ccc1Oc1cc(Br)ccc1F. The van der Waals surface area contributed by atoms with Crippen molar-refractivity contribution in [1.82, 2.24) is 0 Å². The number of halogens is 5. The molecule has 0 aliphatic carbocycles. The molecule has 2 rings (SSSR count). The van der Waals surface area contributed by atoms with Crippen molar-refractivity contribution in [2.75, 3.05) is 5.73 Å². The van der Waals surface area contributed by atoms with Gasteiger partial charge >= 0.3 is 6.18 Å². The van der Waals surface area contributed by atoms with Gasteiger partial charge in [0.25, 0.3) is 0 Å². The second kappa shape index (κ2) is 5.32. The Hall–Kier alpha value is -1.76. The molecule has 0 fully saturated rings. The minimum atomic E-state index is -4.49. The number of alkyl halides is 3. The molecule has 0 unspecified atom stereocenters. The van der Waals surface area contributed by atoms with Gasteiger partial charge < -0.3 is 10.5 Å². The molecule has 2 aromatic carbocycles. The van der Waals surface area contributed by atoms with Crippen LogP contribution in [0.25, 0.3) is 0 Å². The minimum absolute atomic E-state index is 0.0463. The highest BCUT2D eigenvalue weighted by molar-refractivity contribution is 9.10. The van der Waals surface area contributed by atoms with Crippen LogP contribution in [0.2, 0.25) is 0 Å². The Kier molecular flexibility index (Phi) is 3.89. The highest BCUT2D eigenvalue weighted by Gasteiger charge is 2.31. The fourth-order valence-electron chi connectivity index (χ4n) is 1.49. The zero-order chi connectivity index (χ0) is 14.9. The summed E-state index contributed by atoms with van der Waals surface area (Å²) in [5.41, 5.74) is 4.38. The number of benzene rings is 2. The van der Waals surface area contributed by atoms with Gasteiger partial charge in [0.1, 0.15) is 5.75 Å². The number of hydrogen-bond donors (Lipinski definition) is 1. The van der Waals surface area contributed by atoms with E-state index < -0.39 is 17.6 Å². The molecule has 0 aliphatic rings. The van der Waals surface area contributed by atoms with Crippen molar-refractivity contribution in [1.29, 1.82) is 0 Å². The first kappa shape index (κ1) is 14.6. The fraction of sp³-hybridized carbons (Fsp3) is 0.0769. The van der Waals surface area contributed by atoms with Gasteiger partial charge in [0.2, 0.25) is 0 Å². The van der Waals surface area contributed by atoms with Crippen LogP contribution in [0, 0.1) is 5.82 Å². The number of hydrogen-bond acceptors (Lipinski definition) is 2. The summed E-state index contributed by atoms with van der Waals surface area (Å²) in [5.74, 6) is -0.826. The summed E-state index contributed by atoms with van der Waals surface area (Å²) in [4.78, 5) is 0. The molecule has 2 N–H and O–H groups in total. The Bertz CT molecular complexity index is 643. The van der Waals surface area contributed by atoms with Crippen molar-refractivity contribution in [3.05, 3.63) is 52.3 Å². The number of nitrogens with two attached hydrogens (primary N) is 1. The highest BCUT2D eigenvalue weighted by Crippen LogP contribution is 2.36. The summed E-state index contributed by atoms with van der Waals surface area (Å²) < 4.78 is 56.7. The van der Waals surface area contributed by atoms with Crippen LogP contribution in [0.15, 0.2) is 40.9 Å². The van der Waals surface area contributed by atoms with E-state index in [4.69, 9.17) is 10.5 Å². The van der Waals surface area contributed by atoms with Crippen LogP contribution < -0.4 is 10.5 Å². The van der Waals surface area contributed by atoms with E-state index in [1.54, 1.807) is 0 Å². The van der Waals surface area contributed by atoms with E-state index in [0.717, 1.165) is 18.2 Å². The normalized spacial score (nSPS) is 11.4. The summed E-state index contributed by atoms with van der Waals surface area (Å²) >= 11 is 3.14. The Labute approximate surface area is 120 Å². The topological polar surface area (TPSA) is 35.2 Å². The van der Waals surface area contributed by atoms with Crippen molar-refractivity contribution in [2.45, 2.75) is 6.18 Å². The monoisotopic (exact) mass is 349 g/mol. The molecule has 0 bridgehead atoms. The van der Waals surface area contributed by atoms with Gasteiger partial charge in [-0.25, -0.2) is 4.39 Å². The molecular weight excluding hydrogens is 342 g/mol. The summed E-state index contributed by atoms with van der Waals surface area (Å²) in [7, 11) is 0. The maximum Gasteiger partial charge on any atom is 0.416 e. The number of anilines is 1. The minimum Gasteiger partial charge on any atom is -0.452 e. The van der Waals surface area contributed by atoms with Crippen LogP contribution in [-0.4, -0.2) is 0 Å². The second-order valence-electron chi connectivity index (χ2n) is 3.93. The van der Waals surface area contributed by atoms with Gasteiger partial charge in [-0.15, -0.1) is 0 Å². The van der Waals surface area contributed by atoms with Crippen LogP contribution in [0.5, 0.6) is 11.5 Å². The molecule has 0 saturated carbocycles. The molecule has 0 saturated heterocycles. The largest absolute Gasteiger partial charge is 0.452 e. The zero-order valence-corrected chi connectivity index (χ0v) is 11.4. The molecule has 106 valence electrons. The van der Waals surface area contributed by atoms with Gasteiger partial charge in [-0.2, -0.15) is 13.2 Å². The standard InChI is InChI=1S/C13H8BrF4NO/c14-8-2-3-9(15)12(6-8)20-11-4-1-7(5-10(11)19)13(16,17)18/h1-6H,19H2. The average Bonchev–Trinajstić information content (AvgIpc) is 2.35. The molecule has 0 heterocycles. The van der Waals surface area contributed by atoms with Crippen LogP contribution >= 0.6 is 15.9 Å². The summed E-state index contributed by atoms with van der Waals surface area (Å²) in [6, 6.07) is 6.61. The quantitative estimate of drug-likeness (QED) is 0.612. The van der Waals surface area contributed by atoms with Gasteiger partial charge in [0.15, 0.2) is 11.6 Å². The molecule has 2 aromatic rings. The van der Waals surface area contributed by atoms with Gasteiger partial charge in [0, 0.05) is 4.47 Å². The van der Waals surface area contributed by atoms with Crippen molar-refractivity contribution < 1.29 is 22.3 Å². The first-order chi connectivity index (χ1) is 9.27. The summed E-state index contributed by atoms with van der Waals surface area (Å²) in [5, 5.41) is 0. The summed E-state index contributed by atoms with van der Waals surface area (Å²) in [6.45, 7) is 0. The van der Waals surface area contributed by atoms with Gasteiger partial charge in [-0.1, -0.05) is 15.9 Å². The van der Waals surface area contributed by atoms with Crippen molar-refractivity contribution in [2.24, 2.45) is 0 Å². The molecule has 20 heavy (non-hydrogen) atoms. The van der Waals surface area contributed by atoms with E-state index in [2.05, 4.69) is 15.9 Å². The maximum absolute atomic E-state index is 13.5. The van der Waals surface area contributed by atoms with Crippen LogP contribution in [0.4, 0.5) is 23.2 Å². The van der Waals surface area contributed by atoms with E-state index in [1.165, 1.54) is 18.2 Å². The molecular formula is C13H8BrF4NO. The van der Waals surface area contributed by atoms with Crippen LogP contribution in [-0.2, 0) is 6.18 Å². The van der Waals surface area contributed by atoms with E-state index in [-0.39, 0.29) is 17.2 Å². The maximum atomic E-state index is 13.5. The van der Waals surface area contributed by atoms with E-state index >= 15 is 0 Å². The van der Waals surface area contributed by atoms with E-state index in [0.29, 0.717) is 4.47 Å². The smallest absolute Gasteiger partial charge is 0.416 e. The van der Waals surface area contributed by atoms with Gasteiger partial charge in [0.05, 0.1) is 11.3 Å². The molecule has 2 nitrogen and oxygen atoms in total. The lowest BCUT2D eigenvalue weighted by atomic mass is 10.2. The van der Waals surface area contributed by atoms with Gasteiger partial charge in [-0.05, 0) is 36.4 Å². The third kappa shape index (κ3) is 3.22. The molecule has 0 aromatic heterocycles. The third-order valence-electron chi connectivity index (χ3n) is 2.45. The molecule has 7 heteroatoms. The van der Waals surface area contributed by atoms with Crippen LogP contribution in [0.3, 0.4) is 0 Å². The Balaban J connectivity index is 2.33. The molecule has 0 spiro atoms. The second-order valence-corrected chi connectivity index (χ2v) is 4.84. The number of nitrogen functional groups attached to an aromatic ring is 1. The number of rotatable bonds is 2. The molecule has 0 atom stereocenters. The molecule has 0 radical (unpaired) electrons. The molecule has 0 amide bonds. The Morgan fingerprint density at radius 1 is 1.00 bits per heavy atom. The van der Waals surface area contributed by atoms with Crippen molar-refractivity contribution in [3.63, 3.8) is 0 Å². The van der Waals surface area contributed by atoms with Gasteiger partial charge in [-0.3, -0.25) is 0 Å². The van der Waals surface area contributed by atoms with E-state index in [1.807, 2.05) is 0 Å². The lowest BCUT2D eigenvalue weighted by Crippen LogP contribution is -2.06. The molecule has 0 aliphatic heterocycles. The predicted molar refractivity (Wildman–Crippen MR) is 70.0 cm³/mol. The lowest BCUT2D eigenvalue weighted by molar-refractivity contribution is -0.137. The first-order valence-corrected chi connectivity index (χ1v) is 6.16.